The van der Waals surface area contributed by atoms with E-state index in [9.17, 15) is 18.7 Å². The molecule has 0 aliphatic carbocycles. The van der Waals surface area contributed by atoms with E-state index < -0.39 is 23.5 Å². The maximum absolute atomic E-state index is 13.7. The Morgan fingerprint density at radius 2 is 1.90 bits per heavy atom. The Morgan fingerprint density at radius 3 is 2.50 bits per heavy atom. The molecule has 1 N–H and O–H groups in total. The molecular formula is C16H14F2O2. The van der Waals surface area contributed by atoms with Crippen LogP contribution >= 0.6 is 0 Å². The molecule has 0 saturated heterocycles. The maximum atomic E-state index is 13.7. The van der Waals surface area contributed by atoms with Crippen LogP contribution in [0.5, 0.6) is 0 Å². The van der Waals surface area contributed by atoms with E-state index in [2.05, 4.69) is 0 Å². The predicted octanol–water partition coefficient (Wildman–Crippen LogP) is 3.68. The number of hydrogen-bond donors (Lipinski definition) is 1. The van der Waals surface area contributed by atoms with Gasteiger partial charge in [-0.3, -0.25) is 4.79 Å². The Kier molecular flexibility index (Phi) is 4.13. The van der Waals surface area contributed by atoms with E-state index in [-0.39, 0.29) is 12.0 Å². The van der Waals surface area contributed by atoms with E-state index in [1.165, 1.54) is 6.07 Å². The number of aryl methyl sites for hydroxylation is 1. The van der Waals surface area contributed by atoms with Crippen LogP contribution in [0, 0.1) is 18.6 Å². The second-order valence-corrected chi connectivity index (χ2v) is 4.69. The number of benzene rings is 2. The molecule has 2 aromatic rings. The van der Waals surface area contributed by atoms with Crippen LogP contribution in [-0.2, 0) is 11.2 Å². The summed E-state index contributed by atoms with van der Waals surface area (Å²) in [7, 11) is 0. The summed E-state index contributed by atoms with van der Waals surface area (Å²) in [5.74, 6) is -3.27. The van der Waals surface area contributed by atoms with Gasteiger partial charge < -0.3 is 5.11 Å². The van der Waals surface area contributed by atoms with Crippen LogP contribution in [0.4, 0.5) is 8.78 Å². The zero-order valence-corrected chi connectivity index (χ0v) is 10.9. The van der Waals surface area contributed by atoms with Crippen LogP contribution in [0.1, 0.15) is 22.6 Å². The Hall–Kier alpha value is -2.23. The second-order valence-electron chi connectivity index (χ2n) is 4.69. The minimum Gasteiger partial charge on any atom is -0.481 e. The summed E-state index contributed by atoms with van der Waals surface area (Å²) in [4.78, 5) is 11.4. The molecule has 104 valence electrons. The van der Waals surface area contributed by atoms with Crippen molar-refractivity contribution in [1.82, 2.24) is 0 Å². The van der Waals surface area contributed by atoms with Gasteiger partial charge in [-0.05, 0) is 36.1 Å². The zero-order chi connectivity index (χ0) is 14.7. The highest BCUT2D eigenvalue weighted by atomic mass is 19.1. The van der Waals surface area contributed by atoms with Gasteiger partial charge in [-0.25, -0.2) is 8.78 Å². The van der Waals surface area contributed by atoms with Crippen LogP contribution < -0.4 is 0 Å². The van der Waals surface area contributed by atoms with Crippen LogP contribution in [0.25, 0.3) is 0 Å². The molecule has 0 spiro atoms. The first-order valence-corrected chi connectivity index (χ1v) is 6.21. The van der Waals surface area contributed by atoms with Crippen molar-refractivity contribution in [2.24, 2.45) is 0 Å². The van der Waals surface area contributed by atoms with Gasteiger partial charge in [0.15, 0.2) is 0 Å². The molecule has 0 aliphatic heterocycles. The number of rotatable bonds is 4. The van der Waals surface area contributed by atoms with Crippen LogP contribution in [0.15, 0.2) is 42.5 Å². The van der Waals surface area contributed by atoms with Gasteiger partial charge in [0, 0.05) is 6.07 Å². The third-order valence-corrected chi connectivity index (χ3v) is 3.30. The smallest absolute Gasteiger partial charge is 0.311 e. The highest BCUT2D eigenvalue weighted by Crippen LogP contribution is 2.25. The molecule has 0 heterocycles. The molecule has 0 bridgehead atoms. The first-order valence-electron chi connectivity index (χ1n) is 6.21. The lowest BCUT2D eigenvalue weighted by Gasteiger charge is -2.15. The van der Waals surface area contributed by atoms with Gasteiger partial charge >= 0.3 is 5.97 Å². The zero-order valence-electron chi connectivity index (χ0n) is 10.9. The number of aliphatic carboxylic acids is 1. The third-order valence-electron chi connectivity index (χ3n) is 3.30. The molecule has 2 nitrogen and oxygen atoms in total. The lowest BCUT2D eigenvalue weighted by molar-refractivity contribution is -0.138. The van der Waals surface area contributed by atoms with E-state index in [0.29, 0.717) is 5.56 Å². The van der Waals surface area contributed by atoms with E-state index in [0.717, 1.165) is 17.7 Å². The monoisotopic (exact) mass is 276 g/mol. The number of halogens is 2. The summed E-state index contributed by atoms with van der Waals surface area (Å²) >= 11 is 0. The van der Waals surface area contributed by atoms with Crippen molar-refractivity contribution in [2.75, 3.05) is 0 Å². The number of hydrogen-bond acceptors (Lipinski definition) is 1. The topological polar surface area (TPSA) is 37.3 Å². The lowest BCUT2D eigenvalue weighted by Crippen LogP contribution is -2.16. The SMILES string of the molecule is Cc1ccccc1C(Cc1ccc(F)cc1F)C(=O)O. The van der Waals surface area contributed by atoms with E-state index in [4.69, 9.17) is 0 Å². The average Bonchev–Trinajstić information content (AvgIpc) is 2.39. The van der Waals surface area contributed by atoms with E-state index in [1.54, 1.807) is 12.1 Å². The molecule has 0 aliphatic rings. The van der Waals surface area contributed by atoms with Crippen molar-refractivity contribution in [3.8, 4) is 0 Å². The Morgan fingerprint density at radius 1 is 1.20 bits per heavy atom. The summed E-state index contributed by atoms with van der Waals surface area (Å²) in [6.45, 7) is 1.81. The largest absolute Gasteiger partial charge is 0.481 e. The van der Waals surface area contributed by atoms with Crippen LogP contribution in [-0.4, -0.2) is 11.1 Å². The van der Waals surface area contributed by atoms with Gasteiger partial charge in [0.1, 0.15) is 11.6 Å². The minimum absolute atomic E-state index is 0.00764. The molecular weight excluding hydrogens is 262 g/mol. The molecule has 0 saturated carbocycles. The van der Waals surface area contributed by atoms with Gasteiger partial charge in [0.25, 0.3) is 0 Å². The Labute approximate surface area is 115 Å². The Balaban J connectivity index is 2.36. The molecule has 4 heteroatoms. The fraction of sp³-hybridized carbons (Fsp3) is 0.188. The molecule has 0 fully saturated rings. The van der Waals surface area contributed by atoms with Gasteiger partial charge in [0.05, 0.1) is 5.92 Å². The Bertz CT molecular complexity index is 638. The summed E-state index contributed by atoms with van der Waals surface area (Å²) in [5, 5.41) is 9.36. The van der Waals surface area contributed by atoms with Crippen molar-refractivity contribution in [2.45, 2.75) is 19.3 Å². The van der Waals surface area contributed by atoms with Crippen LogP contribution in [0.2, 0.25) is 0 Å². The molecule has 2 aromatic carbocycles. The van der Waals surface area contributed by atoms with Gasteiger partial charge in [-0.15, -0.1) is 0 Å². The number of carboxylic acid groups (broad SMARTS) is 1. The third kappa shape index (κ3) is 3.02. The van der Waals surface area contributed by atoms with Crippen LogP contribution in [0.3, 0.4) is 0 Å². The van der Waals surface area contributed by atoms with Gasteiger partial charge in [-0.1, -0.05) is 30.3 Å². The molecule has 1 unspecified atom stereocenters. The van der Waals surface area contributed by atoms with Crippen molar-refractivity contribution < 1.29 is 18.7 Å². The van der Waals surface area contributed by atoms with Crippen molar-refractivity contribution in [3.05, 3.63) is 70.8 Å². The molecule has 0 amide bonds. The molecule has 20 heavy (non-hydrogen) atoms. The molecule has 2 rings (SSSR count). The summed E-state index contributed by atoms with van der Waals surface area (Å²) in [5.41, 5.74) is 1.67. The summed E-state index contributed by atoms with van der Waals surface area (Å²) in [6.07, 6.45) is -0.00764. The number of carboxylic acids is 1. The van der Waals surface area contributed by atoms with Crippen molar-refractivity contribution in [3.63, 3.8) is 0 Å². The van der Waals surface area contributed by atoms with Gasteiger partial charge in [0.2, 0.25) is 0 Å². The molecule has 1 atom stereocenters. The minimum atomic E-state index is -1.02. The number of carbonyl (C=O) groups is 1. The predicted molar refractivity (Wildman–Crippen MR) is 71.6 cm³/mol. The molecule has 0 radical (unpaired) electrons. The molecule has 0 aromatic heterocycles. The van der Waals surface area contributed by atoms with Crippen molar-refractivity contribution >= 4 is 5.97 Å². The van der Waals surface area contributed by atoms with E-state index in [1.807, 2.05) is 19.1 Å². The average molecular weight is 276 g/mol. The van der Waals surface area contributed by atoms with Gasteiger partial charge in [-0.2, -0.15) is 0 Å². The quantitative estimate of drug-likeness (QED) is 0.924. The highest BCUT2D eigenvalue weighted by Gasteiger charge is 2.23. The summed E-state index contributed by atoms with van der Waals surface area (Å²) < 4.78 is 26.5. The maximum Gasteiger partial charge on any atom is 0.311 e. The fourth-order valence-electron chi connectivity index (χ4n) is 2.22. The van der Waals surface area contributed by atoms with E-state index >= 15 is 0 Å². The summed E-state index contributed by atoms with van der Waals surface area (Å²) in [6, 6.07) is 10.3. The fourth-order valence-corrected chi connectivity index (χ4v) is 2.22. The standard InChI is InChI=1S/C16H14F2O2/c1-10-4-2-3-5-13(10)14(16(19)20)8-11-6-7-12(17)9-15(11)18/h2-7,9,14H,8H2,1H3,(H,19,20). The first-order chi connectivity index (χ1) is 9.49. The van der Waals surface area contributed by atoms with Crippen molar-refractivity contribution in [1.29, 1.82) is 0 Å². The highest BCUT2D eigenvalue weighted by molar-refractivity contribution is 5.77. The first kappa shape index (κ1) is 14.2. The normalized spacial score (nSPS) is 12.2. The second kappa shape index (κ2) is 5.82. The lowest BCUT2D eigenvalue weighted by atomic mass is 9.89.